The molecule has 3 rings (SSSR count). The van der Waals surface area contributed by atoms with Crippen LogP contribution in [0, 0.1) is 19.7 Å². The van der Waals surface area contributed by atoms with Gasteiger partial charge in [0, 0.05) is 17.6 Å². The predicted molar refractivity (Wildman–Crippen MR) is 98.0 cm³/mol. The molecule has 1 aromatic heterocycles. The second-order valence-corrected chi connectivity index (χ2v) is 6.19. The van der Waals surface area contributed by atoms with Crippen molar-refractivity contribution in [3.8, 4) is 0 Å². The molecule has 0 bridgehead atoms. The van der Waals surface area contributed by atoms with Gasteiger partial charge < -0.3 is 5.32 Å². The summed E-state index contributed by atoms with van der Waals surface area (Å²) < 4.78 is 13.6. The summed E-state index contributed by atoms with van der Waals surface area (Å²) >= 11 is 0. The smallest absolute Gasteiger partial charge is 0.224 e. The van der Waals surface area contributed by atoms with E-state index >= 15 is 0 Å². The maximum atomic E-state index is 13.6. The van der Waals surface area contributed by atoms with Crippen LogP contribution in [0.5, 0.6) is 0 Å². The third kappa shape index (κ3) is 3.85. The van der Waals surface area contributed by atoms with Crippen molar-refractivity contribution in [1.29, 1.82) is 0 Å². The molecule has 25 heavy (non-hydrogen) atoms. The number of carbonyl (C=O) groups is 1. The molecule has 0 saturated carbocycles. The van der Waals surface area contributed by atoms with Crippen LogP contribution in [0.2, 0.25) is 0 Å². The Morgan fingerprint density at radius 1 is 1.08 bits per heavy atom. The van der Waals surface area contributed by atoms with E-state index in [9.17, 15) is 9.18 Å². The van der Waals surface area contributed by atoms with Gasteiger partial charge in [-0.15, -0.1) is 0 Å². The van der Waals surface area contributed by atoms with Gasteiger partial charge in [0.25, 0.3) is 0 Å². The summed E-state index contributed by atoms with van der Waals surface area (Å²) in [6, 6.07) is 14.6. The number of para-hydroxylation sites is 1. The van der Waals surface area contributed by atoms with Gasteiger partial charge in [-0.3, -0.25) is 9.78 Å². The first kappa shape index (κ1) is 17.1. The Hall–Kier alpha value is -2.75. The normalized spacial score (nSPS) is 10.8. The maximum Gasteiger partial charge on any atom is 0.224 e. The average Bonchev–Trinajstić information content (AvgIpc) is 2.60. The number of benzene rings is 2. The Morgan fingerprint density at radius 3 is 2.60 bits per heavy atom. The summed E-state index contributed by atoms with van der Waals surface area (Å²) in [7, 11) is 0. The molecule has 0 aliphatic heterocycles. The van der Waals surface area contributed by atoms with Gasteiger partial charge in [-0.1, -0.05) is 36.4 Å². The van der Waals surface area contributed by atoms with Crippen molar-refractivity contribution in [1.82, 2.24) is 10.3 Å². The van der Waals surface area contributed by atoms with Crippen molar-refractivity contribution in [3.05, 3.63) is 76.7 Å². The number of rotatable bonds is 5. The lowest BCUT2D eigenvalue weighted by atomic mass is 9.99. The molecule has 3 aromatic rings. The summed E-state index contributed by atoms with van der Waals surface area (Å²) in [6.07, 6.45) is 0.763. The molecule has 0 aliphatic rings. The van der Waals surface area contributed by atoms with Crippen LogP contribution in [0.1, 0.15) is 22.4 Å². The zero-order chi connectivity index (χ0) is 17.8. The maximum absolute atomic E-state index is 13.6. The molecule has 0 saturated heterocycles. The lowest BCUT2D eigenvalue weighted by Gasteiger charge is -2.13. The number of aromatic nitrogens is 1. The first-order valence-electron chi connectivity index (χ1n) is 8.41. The molecule has 1 heterocycles. The van der Waals surface area contributed by atoms with E-state index in [1.54, 1.807) is 18.2 Å². The molecule has 0 unspecified atom stereocenters. The summed E-state index contributed by atoms with van der Waals surface area (Å²) in [5, 5.41) is 3.95. The number of halogens is 1. The number of fused-ring (bicyclic) bond motifs is 1. The van der Waals surface area contributed by atoms with Crippen molar-refractivity contribution < 1.29 is 9.18 Å². The van der Waals surface area contributed by atoms with Gasteiger partial charge in [0.15, 0.2) is 0 Å². The highest BCUT2D eigenvalue weighted by atomic mass is 19.1. The topological polar surface area (TPSA) is 42.0 Å². The zero-order valence-corrected chi connectivity index (χ0v) is 14.5. The summed E-state index contributed by atoms with van der Waals surface area (Å²) in [4.78, 5) is 16.9. The summed E-state index contributed by atoms with van der Waals surface area (Å²) in [6.45, 7) is 4.37. The highest BCUT2D eigenvalue weighted by Gasteiger charge is 2.13. The minimum Gasteiger partial charge on any atom is -0.355 e. The third-order valence-electron chi connectivity index (χ3n) is 4.50. The van der Waals surface area contributed by atoms with Gasteiger partial charge in [0.2, 0.25) is 5.91 Å². The van der Waals surface area contributed by atoms with Crippen LogP contribution in [0.25, 0.3) is 10.9 Å². The van der Waals surface area contributed by atoms with Crippen LogP contribution < -0.4 is 5.32 Å². The highest BCUT2D eigenvalue weighted by molar-refractivity contribution is 5.86. The first-order chi connectivity index (χ1) is 12.1. The number of hydrogen-bond donors (Lipinski definition) is 1. The van der Waals surface area contributed by atoms with Gasteiger partial charge in [-0.25, -0.2) is 4.39 Å². The number of nitrogens with one attached hydrogen (secondary N) is 1. The first-order valence-corrected chi connectivity index (χ1v) is 8.41. The van der Waals surface area contributed by atoms with Crippen LogP contribution in [0.4, 0.5) is 4.39 Å². The number of aryl methyl sites for hydroxylation is 2. The fourth-order valence-corrected chi connectivity index (χ4v) is 3.09. The lowest BCUT2D eigenvalue weighted by Crippen LogP contribution is -2.28. The van der Waals surface area contributed by atoms with E-state index in [1.165, 1.54) is 6.07 Å². The van der Waals surface area contributed by atoms with E-state index < -0.39 is 0 Å². The van der Waals surface area contributed by atoms with Crippen molar-refractivity contribution in [3.63, 3.8) is 0 Å². The molecule has 3 nitrogen and oxygen atoms in total. The number of hydrogen-bond acceptors (Lipinski definition) is 2. The van der Waals surface area contributed by atoms with Crippen molar-refractivity contribution >= 4 is 16.8 Å². The highest BCUT2D eigenvalue weighted by Crippen LogP contribution is 2.22. The summed E-state index contributed by atoms with van der Waals surface area (Å²) in [5.74, 6) is -0.304. The standard InChI is InChI=1S/C21H21FN2O/c1-14-17-8-4-6-10-20(17)24-15(2)18(14)13-21(25)23-12-11-16-7-3-5-9-19(16)22/h3-10H,11-13H2,1-2H3,(H,23,25). The Labute approximate surface area is 146 Å². The minimum absolute atomic E-state index is 0.0698. The SMILES string of the molecule is Cc1nc2ccccc2c(C)c1CC(=O)NCCc1ccccc1F. The molecule has 2 aromatic carbocycles. The molecule has 1 amide bonds. The molecule has 0 atom stereocenters. The van der Waals surface area contributed by atoms with Gasteiger partial charge >= 0.3 is 0 Å². The Kier molecular flexibility index (Phi) is 5.08. The Balaban J connectivity index is 1.67. The van der Waals surface area contributed by atoms with Gasteiger partial charge in [0.1, 0.15) is 5.82 Å². The van der Waals surface area contributed by atoms with Crippen molar-refractivity contribution in [2.24, 2.45) is 0 Å². The van der Waals surface area contributed by atoms with Crippen LogP contribution in [-0.4, -0.2) is 17.4 Å². The molecule has 128 valence electrons. The van der Waals surface area contributed by atoms with Crippen LogP contribution in [0.15, 0.2) is 48.5 Å². The van der Waals surface area contributed by atoms with Crippen LogP contribution >= 0.6 is 0 Å². The fourth-order valence-electron chi connectivity index (χ4n) is 3.09. The zero-order valence-electron chi connectivity index (χ0n) is 14.5. The third-order valence-corrected chi connectivity index (χ3v) is 4.50. The molecule has 0 radical (unpaired) electrons. The molecular weight excluding hydrogens is 315 g/mol. The second-order valence-electron chi connectivity index (χ2n) is 6.19. The molecule has 0 aliphatic carbocycles. The van der Waals surface area contributed by atoms with Crippen molar-refractivity contribution in [2.75, 3.05) is 6.54 Å². The van der Waals surface area contributed by atoms with E-state index in [4.69, 9.17) is 0 Å². The van der Waals surface area contributed by atoms with Gasteiger partial charge in [0.05, 0.1) is 11.9 Å². The van der Waals surface area contributed by atoms with E-state index in [1.807, 2.05) is 38.1 Å². The van der Waals surface area contributed by atoms with E-state index in [0.29, 0.717) is 18.5 Å². The Morgan fingerprint density at radius 2 is 1.80 bits per heavy atom. The monoisotopic (exact) mass is 336 g/mol. The van der Waals surface area contributed by atoms with Crippen molar-refractivity contribution in [2.45, 2.75) is 26.7 Å². The van der Waals surface area contributed by atoms with Gasteiger partial charge in [-0.05, 0) is 49.1 Å². The molecule has 0 fully saturated rings. The predicted octanol–water partition coefficient (Wildman–Crippen LogP) is 3.89. The average molecular weight is 336 g/mol. The molecule has 0 spiro atoms. The Bertz CT molecular complexity index is 921. The number of amides is 1. The number of pyridine rings is 1. The second kappa shape index (κ2) is 7.43. The lowest BCUT2D eigenvalue weighted by molar-refractivity contribution is -0.120. The largest absolute Gasteiger partial charge is 0.355 e. The fraction of sp³-hybridized carbons (Fsp3) is 0.238. The number of nitrogens with zero attached hydrogens (tertiary/aromatic N) is 1. The molecule has 4 heteroatoms. The van der Waals surface area contributed by atoms with E-state index in [2.05, 4.69) is 10.3 Å². The minimum atomic E-state index is -0.234. The van der Waals surface area contributed by atoms with Gasteiger partial charge in [-0.2, -0.15) is 0 Å². The summed E-state index contributed by atoms with van der Waals surface area (Å²) in [5.41, 5.74) is 4.48. The van der Waals surface area contributed by atoms with Crippen LogP contribution in [0.3, 0.4) is 0 Å². The number of carbonyl (C=O) groups excluding carboxylic acids is 1. The molecular formula is C21H21FN2O. The van der Waals surface area contributed by atoms with Crippen LogP contribution in [-0.2, 0) is 17.6 Å². The van der Waals surface area contributed by atoms with E-state index in [0.717, 1.165) is 27.7 Å². The quantitative estimate of drug-likeness (QED) is 0.768. The molecule has 1 N–H and O–H groups in total. The van der Waals surface area contributed by atoms with E-state index in [-0.39, 0.29) is 18.1 Å².